The number of carbonyl (C=O) groups excluding carboxylic acids is 1. The number of carbonyl (C=O) groups is 1. The van der Waals surface area contributed by atoms with Crippen molar-refractivity contribution in [3.8, 4) is 0 Å². The number of esters is 1. The third-order valence-corrected chi connectivity index (χ3v) is 3.32. The van der Waals surface area contributed by atoms with Gasteiger partial charge >= 0.3 is 5.97 Å². The number of methoxy groups -OCH3 is 1. The molecule has 1 aromatic carbocycles. The highest BCUT2D eigenvalue weighted by Gasteiger charge is 2.37. The summed E-state index contributed by atoms with van der Waals surface area (Å²) in [4.78, 5) is 11.0. The Bertz CT molecular complexity index is 393. The van der Waals surface area contributed by atoms with Crippen LogP contribution >= 0.6 is 0 Å². The summed E-state index contributed by atoms with van der Waals surface area (Å²) >= 11 is 0. The minimum atomic E-state index is -0.159. The Morgan fingerprint density at radius 2 is 1.88 bits per heavy atom. The minimum absolute atomic E-state index is 0.0630. The lowest BCUT2D eigenvalue weighted by molar-refractivity contribution is -0.140. The average molecular weight is 233 g/mol. The monoisotopic (exact) mass is 233 g/mol. The van der Waals surface area contributed by atoms with Gasteiger partial charge in [0.2, 0.25) is 0 Å². The number of aryl methyl sites for hydroxylation is 1. The molecule has 0 unspecified atom stereocenters. The van der Waals surface area contributed by atoms with Crippen LogP contribution in [0.15, 0.2) is 24.3 Å². The number of nitrogens with two attached hydrogens (primary N) is 1. The highest BCUT2D eigenvalue weighted by Crippen LogP contribution is 2.35. The summed E-state index contributed by atoms with van der Waals surface area (Å²) in [6.45, 7) is 0. The van der Waals surface area contributed by atoms with Gasteiger partial charge in [-0.1, -0.05) is 24.3 Å². The van der Waals surface area contributed by atoms with Crippen LogP contribution in [0.4, 0.5) is 0 Å². The van der Waals surface area contributed by atoms with E-state index in [1.807, 2.05) is 0 Å². The molecule has 2 rings (SSSR count). The van der Waals surface area contributed by atoms with Gasteiger partial charge in [-0.25, -0.2) is 0 Å². The second kappa shape index (κ2) is 4.88. The van der Waals surface area contributed by atoms with Crippen LogP contribution in [0.1, 0.15) is 30.4 Å². The molecular formula is C14H19NO2. The molecule has 3 heteroatoms. The first-order valence-corrected chi connectivity index (χ1v) is 6.05. The Labute approximate surface area is 102 Å². The lowest BCUT2D eigenvalue weighted by Crippen LogP contribution is -2.24. The molecule has 0 aliphatic heterocycles. The second-order valence-electron chi connectivity index (χ2n) is 4.93. The van der Waals surface area contributed by atoms with Crippen LogP contribution in [-0.4, -0.2) is 18.6 Å². The highest BCUT2D eigenvalue weighted by atomic mass is 16.5. The largest absolute Gasteiger partial charge is 0.469 e. The fourth-order valence-corrected chi connectivity index (χ4v) is 1.92. The van der Waals surface area contributed by atoms with E-state index in [-0.39, 0.29) is 11.5 Å². The van der Waals surface area contributed by atoms with E-state index in [4.69, 9.17) is 5.73 Å². The fraction of sp³-hybridized carbons (Fsp3) is 0.500. The summed E-state index contributed by atoms with van der Waals surface area (Å²) in [7, 11) is 1.42. The Morgan fingerprint density at radius 1 is 1.29 bits per heavy atom. The number of benzene rings is 1. The van der Waals surface area contributed by atoms with E-state index in [0.717, 1.165) is 25.7 Å². The Balaban J connectivity index is 1.86. The van der Waals surface area contributed by atoms with Crippen molar-refractivity contribution in [1.29, 1.82) is 0 Å². The van der Waals surface area contributed by atoms with Crippen molar-refractivity contribution in [3.63, 3.8) is 0 Å². The maximum Gasteiger partial charge on any atom is 0.305 e. The van der Waals surface area contributed by atoms with Crippen molar-refractivity contribution in [2.24, 2.45) is 5.73 Å². The lowest BCUT2D eigenvalue weighted by Gasteiger charge is -2.09. The van der Waals surface area contributed by atoms with Crippen LogP contribution in [0, 0.1) is 0 Å². The van der Waals surface area contributed by atoms with Gasteiger partial charge in [-0.3, -0.25) is 4.79 Å². The lowest BCUT2D eigenvalue weighted by atomic mass is 10.0. The molecule has 0 saturated heterocycles. The van der Waals surface area contributed by atoms with Gasteiger partial charge < -0.3 is 10.5 Å². The smallest absolute Gasteiger partial charge is 0.305 e. The summed E-state index contributed by atoms with van der Waals surface area (Å²) < 4.78 is 4.61. The predicted octanol–water partition coefficient (Wildman–Crippen LogP) is 1.83. The summed E-state index contributed by atoms with van der Waals surface area (Å²) in [5.74, 6) is -0.159. The van der Waals surface area contributed by atoms with Crippen LogP contribution in [0.2, 0.25) is 0 Å². The number of rotatable bonds is 5. The first-order valence-electron chi connectivity index (χ1n) is 6.05. The van der Waals surface area contributed by atoms with E-state index < -0.39 is 0 Å². The predicted molar refractivity (Wildman–Crippen MR) is 66.6 cm³/mol. The van der Waals surface area contributed by atoms with Crippen molar-refractivity contribution < 1.29 is 9.53 Å². The van der Waals surface area contributed by atoms with E-state index >= 15 is 0 Å². The van der Waals surface area contributed by atoms with E-state index in [0.29, 0.717) is 6.42 Å². The van der Waals surface area contributed by atoms with Gasteiger partial charge in [0.15, 0.2) is 0 Å². The van der Waals surface area contributed by atoms with Crippen molar-refractivity contribution in [2.75, 3.05) is 7.11 Å². The Morgan fingerprint density at radius 3 is 2.41 bits per heavy atom. The molecule has 92 valence electrons. The van der Waals surface area contributed by atoms with Crippen molar-refractivity contribution in [1.82, 2.24) is 0 Å². The molecule has 0 radical (unpaired) electrons. The first kappa shape index (κ1) is 12.1. The zero-order valence-corrected chi connectivity index (χ0v) is 10.2. The van der Waals surface area contributed by atoms with Crippen LogP contribution in [0.25, 0.3) is 0 Å². The van der Waals surface area contributed by atoms with Gasteiger partial charge in [-0.05, 0) is 36.8 Å². The fourth-order valence-electron chi connectivity index (χ4n) is 1.92. The number of hydrogen-bond donors (Lipinski definition) is 1. The summed E-state index contributed by atoms with van der Waals surface area (Å²) in [5.41, 5.74) is 8.59. The molecule has 1 fully saturated rings. The maximum atomic E-state index is 11.0. The van der Waals surface area contributed by atoms with Gasteiger partial charge in [0, 0.05) is 12.0 Å². The molecule has 0 aromatic heterocycles. The molecule has 0 spiro atoms. The molecule has 17 heavy (non-hydrogen) atoms. The molecule has 1 aliphatic carbocycles. The van der Waals surface area contributed by atoms with Gasteiger partial charge in [-0.15, -0.1) is 0 Å². The molecule has 0 atom stereocenters. The molecule has 0 heterocycles. The average Bonchev–Trinajstić information content (AvgIpc) is 3.05. The highest BCUT2D eigenvalue weighted by molar-refractivity contribution is 5.69. The molecule has 1 aliphatic rings. The van der Waals surface area contributed by atoms with E-state index in [1.54, 1.807) is 0 Å². The molecule has 1 aromatic rings. The first-order chi connectivity index (χ1) is 8.11. The van der Waals surface area contributed by atoms with Crippen molar-refractivity contribution >= 4 is 5.97 Å². The molecule has 3 nitrogen and oxygen atoms in total. The van der Waals surface area contributed by atoms with Crippen LogP contribution in [-0.2, 0) is 22.4 Å². The van der Waals surface area contributed by atoms with Gasteiger partial charge in [0.05, 0.1) is 7.11 Å². The van der Waals surface area contributed by atoms with Crippen LogP contribution in [0.5, 0.6) is 0 Å². The Hall–Kier alpha value is -1.35. The molecule has 0 bridgehead atoms. The van der Waals surface area contributed by atoms with Crippen molar-refractivity contribution in [2.45, 2.75) is 37.6 Å². The maximum absolute atomic E-state index is 11.0. The molecule has 2 N–H and O–H groups in total. The van der Waals surface area contributed by atoms with E-state index in [2.05, 4.69) is 29.0 Å². The van der Waals surface area contributed by atoms with Crippen LogP contribution in [0.3, 0.4) is 0 Å². The van der Waals surface area contributed by atoms with Crippen LogP contribution < -0.4 is 5.73 Å². The topological polar surface area (TPSA) is 52.3 Å². The number of ether oxygens (including phenoxy) is 1. The normalized spacial score (nSPS) is 16.6. The molecule has 1 saturated carbocycles. The number of hydrogen-bond acceptors (Lipinski definition) is 3. The summed E-state index contributed by atoms with van der Waals surface area (Å²) in [6, 6.07) is 8.37. The minimum Gasteiger partial charge on any atom is -0.469 e. The van der Waals surface area contributed by atoms with Gasteiger partial charge in [0.25, 0.3) is 0 Å². The quantitative estimate of drug-likeness (QED) is 0.789. The van der Waals surface area contributed by atoms with E-state index in [1.165, 1.54) is 18.2 Å². The molecular weight excluding hydrogens is 214 g/mol. The zero-order valence-electron chi connectivity index (χ0n) is 10.2. The third-order valence-electron chi connectivity index (χ3n) is 3.32. The van der Waals surface area contributed by atoms with E-state index in [9.17, 15) is 4.79 Å². The third kappa shape index (κ3) is 3.56. The summed E-state index contributed by atoms with van der Waals surface area (Å²) in [6.07, 6.45) is 4.41. The molecule has 0 amide bonds. The van der Waals surface area contributed by atoms with Gasteiger partial charge in [-0.2, -0.15) is 0 Å². The summed E-state index contributed by atoms with van der Waals surface area (Å²) in [5, 5.41) is 0. The Kier molecular flexibility index (Phi) is 3.48. The standard InChI is InChI=1S/C14H19NO2/c1-17-13(16)7-6-11-2-4-12(5-3-11)10-14(15)8-9-14/h2-5H,6-10,15H2,1H3. The second-order valence-corrected chi connectivity index (χ2v) is 4.93. The van der Waals surface area contributed by atoms with Gasteiger partial charge in [0.1, 0.15) is 0 Å². The SMILES string of the molecule is COC(=O)CCc1ccc(CC2(N)CC2)cc1. The van der Waals surface area contributed by atoms with Crippen molar-refractivity contribution in [3.05, 3.63) is 35.4 Å². The zero-order chi connectivity index (χ0) is 12.3.